The van der Waals surface area contributed by atoms with Gasteiger partial charge in [-0.3, -0.25) is 14.2 Å². The molecule has 0 aliphatic carbocycles. The summed E-state index contributed by atoms with van der Waals surface area (Å²) >= 11 is 1.15. The zero-order chi connectivity index (χ0) is 30.8. The van der Waals surface area contributed by atoms with Gasteiger partial charge in [0.25, 0.3) is 5.56 Å². The minimum atomic E-state index is -0.817. The van der Waals surface area contributed by atoms with Crippen LogP contribution in [0.4, 0.5) is 19.3 Å². The third-order valence-corrected chi connectivity index (χ3v) is 8.19. The first-order chi connectivity index (χ1) is 20.7. The van der Waals surface area contributed by atoms with Crippen LogP contribution in [0.25, 0.3) is 26.3 Å². The number of rotatable bonds is 9. The number of urea groups is 1. The molecule has 0 saturated heterocycles. The van der Waals surface area contributed by atoms with E-state index in [0.717, 1.165) is 33.1 Å². The molecule has 2 aromatic heterocycles. The Morgan fingerprint density at radius 2 is 1.63 bits per heavy atom. The number of carbonyl (C=O) groups excluding carboxylic acids is 1. The summed E-state index contributed by atoms with van der Waals surface area (Å²) in [5.41, 5.74) is 5.62. The molecule has 0 fully saturated rings. The van der Waals surface area contributed by atoms with Crippen molar-refractivity contribution in [2.75, 3.05) is 26.3 Å². The molecule has 3 aromatic carbocycles. The minimum absolute atomic E-state index is 0.223. The molecule has 0 bridgehead atoms. The summed E-state index contributed by atoms with van der Waals surface area (Å²) in [6.07, 6.45) is 0. The molecular weight excluding hydrogens is 580 g/mol. The molecule has 5 aromatic rings. The predicted octanol–water partition coefficient (Wildman–Crippen LogP) is 4.38. The van der Waals surface area contributed by atoms with Crippen molar-refractivity contribution in [1.82, 2.24) is 14.5 Å². The van der Waals surface area contributed by atoms with Gasteiger partial charge in [0.15, 0.2) is 0 Å². The SMILES string of the molecule is CNCc1c(-c2ccc(N(OC)C(N)=O)cc2)sc2c1c(=O)n(-c1ccc(OC)cc1)c(=O)n2Cc1c(F)cccc1F. The number of aromatic nitrogens is 2. The largest absolute Gasteiger partial charge is 0.497 e. The number of fused-ring (bicyclic) bond motifs is 1. The van der Waals surface area contributed by atoms with E-state index in [1.54, 1.807) is 55.6 Å². The van der Waals surface area contributed by atoms with Crippen LogP contribution in [0, 0.1) is 11.6 Å². The maximum Gasteiger partial charge on any atom is 0.343 e. The van der Waals surface area contributed by atoms with E-state index in [2.05, 4.69) is 5.32 Å². The first-order valence-corrected chi connectivity index (χ1v) is 13.8. The van der Waals surface area contributed by atoms with Gasteiger partial charge in [-0.25, -0.2) is 22.9 Å². The Morgan fingerprint density at radius 3 is 2.19 bits per heavy atom. The number of anilines is 1. The number of nitrogens with one attached hydrogen (secondary N) is 1. The topological polar surface area (TPSA) is 121 Å². The summed E-state index contributed by atoms with van der Waals surface area (Å²) in [7, 11) is 4.51. The highest BCUT2D eigenvalue weighted by molar-refractivity contribution is 7.22. The number of carbonyl (C=O) groups is 1. The molecule has 0 atom stereocenters. The lowest BCUT2D eigenvalue weighted by atomic mass is 10.1. The quantitative estimate of drug-likeness (QED) is 0.240. The lowest BCUT2D eigenvalue weighted by Gasteiger charge is -2.17. The fourth-order valence-corrected chi connectivity index (χ4v) is 6.17. The van der Waals surface area contributed by atoms with Crippen molar-refractivity contribution >= 4 is 33.3 Å². The van der Waals surface area contributed by atoms with E-state index in [1.807, 2.05) is 0 Å². The van der Waals surface area contributed by atoms with Gasteiger partial charge in [0.1, 0.15) is 22.2 Å². The fourth-order valence-electron chi connectivity index (χ4n) is 4.86. The maximum atomic E-state index is 14.8. The molecule has 0 spiro atoms. The molecule has 43 heavy (non-hydrogen) atoms. The monoisotopic (exact) mass is 607 g/mol. The van der Waals surface area contributed by atoms with Crippen LogP contribution in [0.3, 0.4) is 0 Å². The maximum absolute atomic E-state index is 14.8. The highest BCUT2D eigenvalue weighted by Gasteiger charge is 2.25. The number of nitrogens with zero attached hydrogens (tertiary/aromatic N) is 3. The van der Waals surface area contributed by atoms with Crippen LogP contribution >= 0.6 is 11.3 Å². The van der Waals surface area contributed by atoms with Gasteiger partial charge in [0.2, 0.25) is 0 Å². The number of hydrogen-bond donors (Lipinski definition) is 2. The summed E-state index contributed by atoms with van der Waals surface area (Å²) in [6, 6.07) is 15.7. The third-order valence-electron chi connectivity index (χ3n) is 6.88. The summed E-state index contributed by atoms with van der Waals surface area (Å²) in [4.78, 5) is 45.8. The standard InChI is InChI=1S/C30H27F2N5O5S/c1-34-15-21-25-27(38)36(18-11-13-20(41-2)14-12-18)30(40)35(16-22-23(31)5-4-6-24(22)32)28(25)43-26(21)17-7-9-19(10-8-17)37(42-3)29(33)39/h4-14,34H,15-16H2,1-3H3,(H2,33,39). The third kappa shape index (κ3) is 5.41. The Morgan fingerprint density at radius 1 is 0.977 bits per heavy atom. The molecule has 0 aliphatic rings. The van der Waals surface area contributed by atoms with Gasteiger partial charge >= 0.3 is 11.7 Å². The molecule has 0 aliphatic heterocycles. The molecule has 13 heteroatoms. The summed E-state index contributed by atoms with van der Waals surface area (Å²) in [5, 5.41) is 4.21. The molecule has 3 N–H and O–H groups in total. The number of ether oxygens (including phenoxy) is 1. The van der Waals surface area contributed by atoms with Crippen molar-refractivity contribution in [2.24, 2.45) is 5.73 Å². The van der Waals surface area contributed by atoms with Gasteiger partial charge in [-0.1, -0.05) is 18.2 Å². The number of nitrogens with two attached hydrogens (primary N) is 1. The molecule has 0 saturated carbocycles. The second-order valence-corrected chi connectivity index (χ2v) is 10.4. The normalized spacial score (nSPS) is 11.2. The Balaban J connectivity index is 1.81. The Kier molecular flexibility index (Phi) is 8.39. The van der Waals surface area contributed by atoms with E-state index in [9.17, 15) is 23.2 Å². The molecular formula is C30H27F2N5O5S. The number of benzene rings is 3. The van der Waals surface area contributed by atoms with Gasteiger partial charge in [0.05, 0.1) is 37.5 Å². The molecule has 5 rings (SSSR count). The van der Waals surface area contributed by atoms with Crippen LogP contribution in [-0.4, -0.2) is 36.4 Å². The number of amides is 2. The average Bonchev–Trinajstić information content (AvgIpc) is 3.37. The van der Waals surface area contributed by atoms with Gasteiger partial charge in [0, 0.05) is 17.0 Å². The van der Waals surface area contributed by atoms with Crippen molar-refractivity contribution in [3.05, 3.63) is 110 Å². The number of methoxy groups -OCH3 is 1. The molecule has 10 nitrogen and oxygen atoms in total. The zero-order valence-corrected chi connectivity index (χ0v) is 24.2. The summed E-state index contributed by atoms with van der Waals surface area (Å²) in [6.45, 7) is -0.212. The van der Waals surface area contributed by atoms with Crippen LogP contribution in [0.5, 0.6) is 5.75 Å². The smallest absolute Gasteiger partial charge is 0.343 e. The van der Waals surface area contributed by atoms with Crippen LogP contribution in [0.15, 0.2) is 76.3 Å². The van der Waals surface area contributed by atoms with E-state index in [0.29, 0.717) is 27.4 Å². The highest BCUT2D eigenvalue weighted by atomic mass is 32.1. The Hall–Kier alpha value is -4.85. The minimum Gasteiger partial charge on any atom is -0.497 e. The molecule has 0 unspecified atom stereocenters. The van der Waals surface area contributed by atoms with Crippen LogP contribution in [0.2, 0.25) is 0 Å². The predicted molar refractivity (Wildman–Crippen MR) is 161 cm³/mol. The second kappa shape index (κ2) is 12.2. The highest BCUT2D eigenvalue weighted by Crippen LogP contribution is 2.38. The second-order valence-electron chi connectivity index (χ2n) is 9.39. The van der Waals surface area contributed by atoms with Gasteiger partial charge < -0.3 is 15.8 Å². The lowest BCUT2D eigenvalue weighted by Crippen LogP contribution is -2.39. The van der Waals surface area contributed by atoms with E-state index in [-0.39, 0.29) is 28.0 Å². The first-order valence-electron chi connectivity index (χ1n) is 13.0. The molecule has 222 valence electrons. The van der Waals surface area contributed by atoms with Gasteiger partial charge in [-0.2, -0.15) is 5.06 Å². The van der Waals surface area contributed by atoms with E-state index in [1.165, 1.54) is 24.9 Å². The average molecular weight is 608 g/mol. The van der Waals surface area contributed by atoms with E-state index in [4.69, 9.17) is 15.3 Å². The Labute approximate surface area is 248 Å². The fraction of sp³-hybridized carbons (Fsp3) is 0.167. The van der Waals surface area contributed by atoms with Crippen molar-refractivity contribution in [1.29, 1.82) is 0 Å². The number of hydrogen-bond acceptors (Lipinski definition) is 7. The zero-order valence-electron chi connectivity index (χ0n) is 23.4. The van der Waals surface area contributed by atoms with Crippen LogP contribution in [-0.2, 0) is 17.9 Å². The van der Waals surface area contributed by atoms with Gasteiger partial charge in [-0.05, 0) is 66.7 Å². The Bertz CT molecular complexity index is 1910. The summed E-state index contributed by atoms with van der Waals surface area (Å²) < 4.78 is 37.1. The number of hydroxylamine groups is 1. The summed E-state index contributed by atoms with van der Waals surface area (Å²) in [5.74, 6) is -1.11. The number of halogens is 2. The van der Waals surface area contributed by atoms with Crippen molar-refractivity contribution in [3.8, 4) is 21.9 Å². The number of primary amides is 1. The number of thiophene rings is 1. The molecule has 0 radical (unpaired) electrons. The van der Waals surface area contributed by atoms with Gasteiger partial charge in [-0.15, -0.1) is 11.3 Å². The molecule has 2 heterocycles. The molecule has 2 amide bonds. The first kappa shape index (κ1) is 29.6. The van der Waals surface area contributed by atoms with Crippen molar-refractivity contribution in [2.45, 2.75) is 13.1 Å². The van der Waals surface area contributed by atoms with Crippen molar-refractivity contribution < 1.29 is 23.1 Å². The van der Waals surface area contributed by atoms with Crippen LogP contribution in [0.1, 0.15) is 11.1 Å². The van der Waals surface area contributed by atoms with E-state index < -0.39 is 35.5 Å². The van der Waals surface area contributed by atoms with Crippen LogP contribution < -0.4 is 32.1 Å². The van der Waals surface area contributed by atoms with E-state index >= 15 is 0 Å². The van der Waals surface area contributed by atoms with Crippen molar-refractivity contribution in [3.63, 3.8) is 0 Å². The lowest BCUT2D eigenvalue weighted by molar-refractivity contribution is 0.168.